The molecule has 2 aromatic heterocycles. The fourth-order valence-electron chi connectivity index (χ4n) is 2.21. The largest absolute Gasteiger partial charge is 0.309 e. The van der Waals surface area contributed by atoms with Crippen LogP contribution >= 0.6 is 11.3 Å². The summed E-state index contributed by atoms with van der Waals surface area (Å²) in [6.07, 6.45) is 2.02. The molecule has 0 radical (unpaired) electrons. The van der Waals surface area contributed by atoms with Crippen molar-refractivity contribution in [2.24, 2.45) is 7.05 Å². The molecule has 1 N–H and O–H groups in total. The van der Waals surface area contributed by atoms with E-state index in [2.05, 4.69) is 47.2 Å². The van der Waals surface area contributed by atoms with Crippen LogP contribution in [0.4, 0.5) is 0 Å². The maximum atomic E-state index is 4.54. The summed E-state index contributed by atoms with van der Waals surface area (Å²) in [6, 6.07) is 4.77. The third-order valence-electron chi connectivity index (χ3n) is 3.16. The third-order valence-corrected chi connectivity index (χ3v) is 3.89. The fourth-order valence-corrected chi connectivity index (χ4v) is 2.90. The van der Waals surface area contributed by atoms with Crippen molar-refractivity contribution in [2.75, 3.05) is 6.54 Å². The van der Waals surface area contributed by atoms with Crippen molar-refractivity contribution in [2.45, 2.75) is 32.7 Å². The van der Waals surface area contributed by atoms with Gasteiger partial charge in [0.2, 0.25) is 0 Å². The lowest BCUT2D eigenvalue weighted by Crippen LogP contribution is -2.25. The van der Waals surface area contributed by atoms with Crippen LogP contribution < -0.4 is 5.32 Å². The Morgan fingerprint density at radius 3 is 2.83 bits per heavy atom. The van der Waals surface area contributed by atoms with Gasteiger partial charge >= 0.3 is 0 Å². The topological polar surface area (TPSA) is 29.9 Å². The fraction of sp³-hybridized carbons (Fsp3) is 0.500. The molecular formula is C14H21N3S. The Morgan fingerprint density at radius 1 is 1.44 bits per heavy atom. The van der Waals surface area contributed by atoms with Crippen LogP contribution in [0.3, 0.4) is 0 Å². The Labute approximate surface area is 113 Å². The first-order chi connectivity index (χ1) is 8.74. The summed E-state index contributed by atoms with van der Waals surface area (Å²) in [7, 11) is 2.03. The molecule has 18 heavy (non-hydrogen) atoms. The Bertz CT molecular complexity index is 473. The minimum atomic E-state index is 0.349. The van der Waals surface area contributed by atoms with Crippen LogP contribution in [-0.2, 0) is 19.9 Å². The molecule has 0 fully saturated rings. The predicted molar refractivity (Wildman–Crippen MR) is 77.0 cm³/mol. The standard InChI is InChI=1S/C14H21N3S/c1-4-12-9-14(17(3)16-12)13(15-5-2)8-11-6-7-18-10-11/h6-7,9-10,13,15H,4-5,8H2,1-3H3. The van der Waals surface area contributed by atoms with Gasteiger partial charge in [-0.1, -0.05) is 13.8 Å². The van der Waals surface area contributed by atoms with E-state index in [9.17, 15) is 0 Å². The number of likely N-dealkylation sites (N-methyl/N-ethyl adjacent to an activating group) is 1. The van der Waals surface area contributed by atoms with E-state index in [1.165, 1.54) is 17.0 Å². The van der Waals surface area contributed by atoms with Gasteiger partial charge in [0.05, 0.1) is 17.4 Å². The number of hydrogen-bond acceptors (Lipinski definition) is 3. The Balaban J connectivity index is 2.20. The van der Waals surface area contributed by atoms with Crippen LogP contribution in [0.2, 0.25) is 0 Å². The second-order valence-electron chi connectivity index (χ2n) is 4.48. The van der Waals surface area contributed by atoms with Crippen LogP contribution in [0.25, 0.3) is 0 Å². The first-order valence-corrected chi connectivity index (χ1v) is 7.46. The number of thiophene rings is 1. The molecule has 0 aromatic carbocycles. The average Bonchev–Trinajstić information content (AvgIpc) is 2.98. The molecule has 0 aliphatic heterocycles. The lowest BCUT2D eigenvalue weighted by atomic mass is 10.1. The Morgan fingerprint density at radius 2 is 2.28 bits per heavy atom. The lowest BCUT2D eigenvalue weighted by Gasteiger charge is -2.17. The van der Waals surface area contributed by atoms with E-state index in [1.807, 2.05) is 11.7 Å². The van der Waals surface area contributed by atoms with Crippen LogP contribution in [0, 0.1) is 0 Å². The number of aryl methyl sites for hydroxylation is 2. The number of rotatable bonds is 6. The zero-order valence-corrected chi connectivity index (χ0v) is 12.1. The van der Waals surface area contributed by atoms with Crippen molar-refractivity contribution in [1.82, 2.24) is 15.1 Å². The molecule has 2 rings (SSSR count). The lowest BCUT2D eigenvalue weighted by molar-refractivity contribution is 0.508. The molecule has 98 valence electrons. The first-order valence-electron chi connectivity index (χ1n) is 6.51. The summed E-state index contributed by atoms with van der Waals surface area (Å²) in [5.41, 5.74) is 3.84. The maximum absolute atomic E-state index is 4.54. The SMILES string of the molecule is CCNC(Cc1ccsc1)c1cc(CC)nn1C. The Kier molecular flexibility index (Phi) is 4.55. The van der Waals surface area contributed by atoms with Crippen molar-refractivity contribution >= 4 is 11.3 Å². The summed E-state index contributed by atoms with van der Waals surface area (Å²) >= 11 is 1.76. The highest BCUT2D eigenvalue weighted by atomic mass is 32.1. The van der Waals surface area contributed by atoms with Crippen molar-refractivity contribution in [1.29, 1.82) is 0 Å². The second kappa shape index (κ2) is 6.16. The van der Waals surface area contributed by atoms with E-state index in [0.29, 0.717) is 6.04 Å². The van der Waals surface area contributed by atoms with E-state index >= 15 is 0 Å². The minimum absolute atomic E-state index is 0.349. The number of nitrogens with zero attached hydrogens (tertiary/aromatic N) is 2. The average molecular weight is 263 g/mol. The van der Waals surface area contributed by atoms with E-state index < -0.39 is 0 Å². The molecular weight excluding hydrogens is 242 g/mol. The van der Waals surface area contributed by atoms with Gasteiger partial charge in [0, 0.05) is 7.05 Å². The highest BCUT2D eigenvalue weighted by Gasteiger charge is 2.16. The van der Waals surface area contributed by atoms with Crippen molar-refractivity contribution in [3.8, 4) is 0 Å². The first kappa shape index (κ1) is 13.3. The summed E-state index contributed by atoms with van der Waals surface area (Å²) in [5, 5.41) is 12.5. The van der Waals surface area contributed by atoms with E-state index in [-0.39, 0.29) is 0 Å². The number of aromatic nitrogens is 2. The smallest absolute Gasteiger partial charge is 0.0625 e. The highest BCUT2D eigenvalue weighted by molar-refractivity contribution is 7.07. The molecule has 0 amide bonds. The summed E-state index contributed by atoms with van der Waals surface area (Å²) in [4.78, 5) is 0. The summed E-state index contributed by atoms with van der Waals surface area (Å²) in [6.45, 7) is 5.27. The van der Waals surface area contributed by atoms with Gasteiger partial charge in [-0.05, 0) is 47.8 Å². The molecule has 0 saturated carbocycles. The highest BCUT2D eigenvalue weighted by Crippen LogP contribution is 2.20. The van der Waals surface area contributed by atoms with Gasteiger partial charge in [0.25, 0.3) is 0 Å². The zero-order chi connectivity index (χ0) is 13.0. The summed E-state index contributed by atoms with van der Waals surface area (Å²) in [5.74, 6) is 0. The molecule has 0 saturated heterocycles. The van der Waals surface area contributed by atoms with Gasteiger partial charge in [-0.3, -0.25) is 4.68 Å². The van der Waals surface area contributed by atoms with Gasteiger partial charge in [-0.15, -0.1) is 0 Å². The van der Waals surface area contributed by atoms with Crippen molar-refractivity contribution in [3.05, 3.63) is 39.8 Å². The van der Waals surface area contributed by atoms with Gasteiger partial charge in [0.15, 0.2) is 0 Å². The molecule has 3 nitrogen and oxygen atoms in total. The van der Waals surface area contributed by atoms with E-state index in [4.69, 9.17) is 0 Å². The van der Waals surface area contributed by atoms with Gasteiger partial charge in [-0.2, -0.15) is 16.4 Å². The molecule has 2 aromatic rings. The second-order valence-corrected chi connectivity index (χ2v) is 5.26. The van der Waals surface area contributed by atoms with Gasteiger partial charge < -0.3 is 5.32 Å². The molecule has 2 heterocycles. The zero-order valence-electron chi connectivity index (χ0n) is 11.3. The van der Waals surface area contributed by atoms with Gasteiger partial charge in [0.1, 0.15) is 0 Å². The van der Waals surface area contributed by atoms with Crippen LogP contribution in [0.15, 0.2) is 22.9 Å². The normalized spacial score (nSPS) is 12.8. The molecule has 1 atom stereocenters. The molecule has 1 unspecified atom stereocenters. The monoisotopic (exact) mass is 263 g/mol. The van der Waals surface area contributed by atoms with Crippen LogP contribution in [0.1, 0.15) is 36.8 Å². The number of hydrogen-bond donors (Lipinski definition) is 1. The minimum Gasteiger partial charge on any atom is -0.309 e. The van der Waals surface area contributed by atoms with Gasteiger partial charge in [-0.25, -0.2) is 0 Å². The van der Waals surface area contributed by atoms with Crippen LogP contribution in [0.5, 0.6) is 0 Å². The van der Waals surface area contributed by atoms with E-state index in [1.54, 1.807) is 11.3 Å². The number of nitrogens with one attached hydrogen (secondary N) is 1. The molecule has 0 aliphatic carbocycles. The quantitative estimate of drug-likeness (QED) is 0.868. The molecule has 4 heteroatoms. The molecule has 0 bridgehead atoms. The molecule has 0 spiro atoms. The predicted octanol–water partition coefficient (Wildman–Crippen LogP) is 2.94. The molecule has 0 aliphatic rings. The Hall–Kier alpha value is -1.13. The summed E-state index contributed by atoms with van der Waals surface area (Å²) < 4.78 is 2.01. The van der Waals surface area contributed by atoms with Crippen molar-refractivity contribution < 1.29 is 0 Å². The van der Waals surface area contributed by atoms with E-state index in [0.717, 1.165) is 19.4 Å². The van der Waals surface area contributed by atoms with Crippen molar-refractivity contribution in [3.63, 3.8) is 0 Å². The third kappa shape index (κ3) is 3.00. The maximum Gasteiger partial charge on any atom is 0.0625 e. The van der Waals surface area contributed by atoms with Crippen LogP contribution in [-0.4, -0.2) is 16.3 Å².